The van der Waals surface area contributed by atoms with Gasteiger partial charge in [0.15, 0.2) is 0 Å². The van der Waals surface area contributed by atoms with Crippen LogP contribution >= 0.6 is 11.3 Å². The van der Waals surface area contributed by atoms with E-state index in [4.69, 9.17) is 0 Å². The summed E-state index contributed by atoms with van der Waals surface area (Å²) in [6.45, 7) is 0. The normalized spacial score (nSPS) is 14.1. The maximum atomic E-state index is 12.7. The Bertz CT molecular complexity index is 1000. The molecule has 0 fully saturated rings. The number of aliphatic hydroxyl groups is 1. The molecule has 0 aliphatic rings. The third-order valence-electron chi connectivity index (χ3n) is 3.63. The van der Waals surface area contributed by atoms with Gasteiger partial charge in [-0.05, 0) is 17.7 Å². The van der Waals surface area contributed by atoms with E-state index in [1.54, 1.807) is 54.6 Å². The van der Waals surface area contributed by atoms with Gasteiger partial charge in [0.05, 0.1) is 17.3 Å². The number of fused-ring (bicyclic) bond motifs is 1. The van der Waals surface area contributed by atoms with Crippen LogP contribution in [0.1, 0.15) is 5.56 Å². The van der Waals surface area contributed by atoms with Crippen molar-refractivity contribution in [1.82, 2.24) is 9.71 Å². The van der Waals surface area contributed by atoms with E-state index in [2.05, 4.69) is 9.72 Å². The number of rotatable bonds is 6. The number of hydrogen-bond donors (Lipinski definition) is 2. The lowest BCUT2D eigenvalue weighted by atomic mass is 10.0. The highest BCUT2D eigenvalue weighted by Gasteiger charge is 2.42. The standard InChI is InChI=1S/C17H16N2O5S2/c1-24-15(20)17(21,11-12-7-3-2-4-8-12)19-26(22,23)16-18-13-9-5-6-10-14(13)25-16/h2-10,19,21H,11H2,1H3/t17-/m1/s1. The van der Waals surface area contributed by atoms with Gasteiger partial charge in [-0.3, -0.25) is 0 Å². The number of carbonyl (C=O) groups is 1. The quantitative estimate of drug-likeness (QED) is 0.488. The topological polar surface area (TPSA) is 106 Å². The molecule has 3 aromatic rings. The molecule has 1 aromatic heterocycles. The fourth-order valence-corrected chi connectivity index (χ4v) is 4.88. The number of hydrogen-bond acceptors (Lipinski definition) is 7. The van der Waals surface area contributed by atoms with Crippen LogP contribution in [0.25, 0.3) is 10.2 Å². The Labute approximate surface area is 154 Å². The highest BCUT2D eigenvalue weighted by Crippen LogP contribution is 2.26. The minimum Gasteiger partial charge on any atom is -0.466 e. The van der Waals surface area contributed by atoms with E-state index >= 15 is 0 Å². The highest BCUT2D eigenvalue weighted by molar-refractivity contribution is 7.91. The SMILES string of the molecule is COC(=O)[C@](O)(Cc1ccccc1)NS(=O)(=O)c1nc2ccccc2s1. The third-order valence-corrected chi connectivity index (χ3v) is 6.53. The summed E-state index contributed by atoms with van der Waals surface area (Å²) >= 11 is 0.946. The number of sulfonamides is 1. The number of benzene rings is 2. The van der Waals surface area contributed by atoms with Gasteiger partial charge >= 0.3 is 5.97 Å². The Morgan fingerprint density at radius 3 is 2.50 bits per heavy atom. The molecule has 0 saturated heterocycles. The second-order valence-electron chi connectivity index (χ2n) is 5.57. The molecule has 0 aliphatic carbocycles. The second kappa shape index (κ2) is 7.12. The van der Waals surface area contributed by atoms with E-state index < -0.39 is 21.7 Å². The van der Waals surface area contributed by atoms with Gasteiger partial charge in [-0.15, -0.1) is 11.3 Å². The van der Waals surface area contributed by atoms with Crippen LogP contribution in [0.15, 0.2) is 58.9 Å². The Kier molecular flexibility index (Phi) is 5.05. The maximum Gasteiger partial charge on any atom is 0.354 e. The molecule has 1 atom stereocenters. The molecule has 9 heteroatoms. The van der Waals surface area contributed by atoms with Crippen molar-refractivity contribution >= 4 is 37.5 Å². The van der Waals surface area contributed by atoms with Crippen molar-refractivity contribution in [3.8, 4) is 0 Å². The largest absolute Gasteiger partial charge is 0.466 e. The number of nitrogens with zero attached hydrogens (tertiary/aromatic N) is 1. The fourth-order valence-electron chi connectivity index (χ4n) is 2.44. The lowest BCUT2D eigenvalue weighted by Crippen LogP contribution is -2.56. The van der Waals surface area contributed by atoms with Crippen molar-refractivity contribution in [2.45, 2.75) is 16.5 Å². The van der Waals surface area contributed by atoms with Crippen LogP contribution < -0.4 is 4.72 Å². The molecule has 7 nitrogen and oxygen atoms in total. The Hall–Kier alpha value is -2.33. The summed E-state index contributed by atoms with van der Waals surface area (Å²) in [6, 6.07) is 15.5. The summed E-state index contributed by atoms with van der Waals surface area (Å²) in [6.07, 6.45) is -0.287. The van der Waals surface area contributed by atoms with Crippen LogP contribution in [-0.2, 0) is 26.0 Å². The molecular formula is C17H16N2O5S2. The Balaban J connectivity index is 1.95. The number of aromatic nitrogens is 1. The van der Waals surface area contributed by atoms with E-state index in [0.29, 0.717) is 15.8 Å². The van der Waals surface area contributed by atoms with Gasteiger partial charge in [0.2, 0.25) is 10.1 Å². The average molecular weight is 392 g/mol. The van der Waals surface area contributed by atoms with Crippen LogP contribution in [0.4, 0.5) is 0 Å². The first kappa shape index (κ1) is 18.5. The van der Waals surface area contributed by atoms with Gasteiger partial charge in [-0.25, -0.2) is 18.2 Å². The van der Waals surface area contributed by atoms with Gasteiger partial charge in [-0.1, -0.05) is 42.5 Å². The smallest absolute Gasteiger partial charge is 0.354 e. The zero-order valence-electron chi connectivity index (χ0n) is 13.7. The van der Waals surface area contributed by atoms with Gasteiger partial charge in [0.25, 0.3) is 10.0 Å². The number of carbonyl (C=O) groups excluding carboxylic acids is 1. The molecule has 2 N–H and O–H groups in total. The number of ether oxygens (including phenoxy) is 1. The van der Waals surface area contributed by atoms with E-state index in [0.717, 1.165) is 18.4 Å². The second-order valence-corrected chi connectivity index (χ2v) is 8.45. The maximum absolute atomic E-state index is 12.7. The fraction of sp³-hybridized carbons (Fsp3) is 0.176. The number of para-hydroxylation sites is 1. The summed E-state index contributed by atoms with van der Waals surface area (Å²) in [5.74, 6) is -1.11. The zero-order valence-corrected chi connectivity index (χ0v) is 15.4. The van der Waals surface area contributed by atoms with Crippen LogP contribution in [0.3, 0.4) is 0 Å². The minimum atomic E-state index is -4.25. The van der Waals surface area contributed by atoms with Gasteiger partial charge in [-0.2, -0.15) is 4.72 Å². The molecule has 3 rings (SSSR count). The van der Waals surface area contributed by atoms with E-state index in [1.165, 1.54) is 0 Å². The van der Waals surface area contributed by atoms with Gasteiger partial charge < -0.3 is 9.84 Å². The van der Waals surface area contributed by atoms with E-state index in [9.17, 15) is 18.3 Å². The van der Waals surface area contributed by atoms with Crippen molar-refractivity contribution in [1.29, 1.82) is 0 Å². The zero-order chi connectivity index (χ0) is 18.8. The lowest BCUT2D eigenvalue weighted by molar-refractivity contribution is -0.163. The van der Waals surface area contributed by atoms with Crippen molar-refractivity contribution in [2.75, 3.05) is 7.11 Å². The molecule has 2 aromatic carbocycles. The predicted molar refractivity (Wildman–Crippen MR) is 97.1 cm³/mol. The number of thiazole rings is 1. The first-order valence-corrected chi connectivity index (χ1v) is 9.88. The molecule has 0 saturated carbocycles. The van der Waals surface area contributed by atoms with Crippen molar-refractivity contribution in [2.24, 2.45) is 0 Å². The van der Waals surface area contributed by atoms with Crippen molar-refractivity contribution < 1.29 is 23.1 Å². The summed E-state index contributed by atoms with van der Waals surface area (Å²) in [5, 5.41) is 10.7. The minimum absolute atomic E-state index is 0.242. The summed E-state index contributed by atoms with van der Waals surface area (Å²) < 4.78 is 32.5. The van der Waals surface area contributed by atoms with Crippen molar-refractivity contribution in [3.05, 3.63) is 60.2 Å². The third kappa shape index (κ3) is 3.75. The van der Waals surface area contributed by atoms with E-state index in [-0.39, 0.29) is 10.8 Å². The van der Waals surface area contributed by atoms with Crippen LogP contribution in [0, 0.1) is 0 Å². The molecule has 0 spiro atoms. The summed E-state index contributed by atoms with van der Waals surface area (Å²) in [5.41, 5.74) is -1.37. The number of nitrogens with one attached hydrogen (secondary N) is 1. The summed E-state index contributed by atoms with van der Waals surface area (Å²) in [4.78, 5) is 16.2. The Morgan fingerprint density at radius 2 is 1.85 bits per heavy atom. The monoisotopic (exact) mass is 392 g/mol. The first-order valence-electron chi connectivity index (χ1n) is 7.58. The number of methoxy groups -OCH3 is 1. The molecular weight excluding hydrogens is 376 g/mol. The van der Waals surface area contributed by atoms with E-state index in [1.807, 2.05) is 4.72 Å². The predicted octanol–water partition coefficient (Wildman–Crippen LogP) is 1.68. The van der Waals surface area contributed by atoms with Crippen molar-refractivity contribution in [3.63, 3.8) is 0 Å². The highest BCUT2D eigenvalue weighted by atomic mass is 32.2. The molecule has 0 unspecified atom stereocenters. The van der Waals surface area contributed by atoms with Crippen LogP contribution in [-0.4, -0.2) is 37.3 Å². The van der Waals surface area contributed by atoms with Gasteiger partial charge in [0.1, 0.15) is 0 Å². The molecule has 0 amide bonds. The summed E-state index contributed by atoms with van der Waals surface area (Å²) in [7, 11) is -3.17. The number of esters is 1. The molecule has 1 heterocycles. The Morgan fingerprint density at radius 1 is 1.19 bits per heavy atom. The van der Waals surface area contributed by atoms with Crippen LogP contribution in [0.5, 0.6) is 0 Å². The first-order chi connectivity index (χ1) is 12.3. The average Bonchev–Trinajstić information content (AvgIpc) is 3.06. The molecule has 26 heavy (non-hydrogen) atoms. The van der Waals surface area contributed by atoms with Crippen LogP contribution in [0.2, 0.25) is 0 Å². The molecule has 0 radical (unpaired) electrons. The molecule has 136 valence electrons. The molecule has 0 bridgehead atoms. The van der Waals surface area contributed by atoms with Gasteiger partial charge in [0, 0.05) is 6.42 Å². The molecule has 0 aliphatic heterocycles. The lowest BCUT2D eigenvalue weighted by Gasteiger charge is -2.25.